The van der Waals surface area contributed by atoms with Crippen LogP contribution in [0.4, 0.5) is 11.4 Å². The third-order valence-electron chi connectivity index (χ3n) is 2.85. The molecular weight excluding hydrogens is 302 g/mol. The Morgan fingerprint density at radius 1 is 1.39 bits per heavy atom. The summed E-state index contributed by atoms with van der Waals surface area (Å²) in [5.41, 5.74) is 3.53. The lowest BCUT2D eigenvalue weighted by atomic mass is 10.3. The van der Waals surface area contributed by atoms with Gasteiger partial charge >= 0.3 is 5.69 Å². The van der Waals surface area contributed by atoms with Gasteiger partial charge in [0.15, 0.2) is 0 Å². The van der Waals surface area contributed by atoms with Gasteiger partial charge in [0.25, 0.3) is 0 Å². The molecule has 1 aromatic heterocycles. The van der Waals surface area contributed by atoms with Crippen molar-refractivity contribution in [2.24, 2.45) is 0 Å². The SMILES string of the molecule is CN1CCN(Nc2c(Br)cncc2[N+](=O)[O-])CC1. The third kappa shape index (κ3) is 2.95. The number of anilines is 1. The number of hydrogen-bond acceptors (Lipinski definition) is 6. The van der Waals surface area contributed by atoms with E-state index in [1.807, 2.05) is 5.01 Å². The fourth-order valence-electron chi connectivity index (χ4n) is 1.75. The van der Waals surface area contributed by atoms with Crippen LogP contribution < -0.4 is 5.43 Å². The number of nitrogens with one attached hydrogen (secondary N) is 1. The van der Waals surface area contributed by atoms with Crippen LogP contribution in [0.15, 0.2) is 16.9 Å². The van der Waals surface area contributed by atoms with Crippen molar-refractivity contribution < 1.29 is 4.92 Å². The van der Waals surface area contributed by atoms with Gasteiger partial charge < -0.3 is 10.3 Å². The normalized spacial score (nSPS) is 17.7. The standard InChI is InChI=1S/C10H14BrN5O2/c1-14-2-4-15(5-3-14)13-10-8(11)6-12-7-9(10)16(17)18/h6-7H,2-5H2,1H3,(H,12,13). The Morgan fingerprint density at radius 2 is 2.06 bits per heavy atom. The summed E-state index contributed by atoms with van der Waals surface area (Å²) in [6, 6.07) is 0. The Morgan fingerprint density at radius 3 is 2.67 bits per heavy atom. The van der Waals surface area contributed by atoms with Gasteiger partial charge in [-0.05, 0) is 23.0 Å². The van der Waals surface area contributed by atoms with Gasteiger partial charge in [0.1, 0.15) is 11.9 Å². The van der Waals surface area contributed by atoms with E-state index in [2.05, 4.69) is 38.3 Å². The third-order valence-corrected chi connectivity index (χ3v) is 3.45. The Bertz CT molecular complexity index is 448. The number of hydrazine groups is 1. The molecule has 98 valence electrons. The van der Waals surface area contributed by atoms with Gasteiger partial charge in [-0.3, -0.25) is 15.1 Å². The Kier molecular flexibility index (Phi) is 4.10. The number of nitro groups is 1. The molecule has 2 heterocycles. The van der Waals surface area contributed by atoms with Crippen LogP contribution in [-0.2, 0) is 0 Å². The highest BCUT2D eigenvalue weighted by Crippen LogP contribution is 2.31. The molecule has 0 saturated carbocycles. The van der Waals surface area contributed by atoms with E-state index in [0.29, 0.717) is 10.2 Å². The lowest BCUT2D eigenvalue weighted by Crippen LogP contribution is -2.47. The first-order valence-corrected chi connectivity index (χ1v) is 6.35. The number of hydrogen-bond donors (Lipinski definition) is 1. The van der Waals surface area contributed by atoms with Gasteiger partial charge in [-0.15, -0.1) is 0 Å². The van der Waals surface area contributed by atoms with Crippen LogP contribution in [0.5, 0.6) is 0 Å². The molecule has 0 unspecified atom stereocenters. The fraction of sp³-hybridized carbons (Fsp3) is 0.500. The van der Waals surface area contributed by atoms with Crippen molar-refractivity contribution in [2.75, 3.05) is 38.7 Å². The Balaban J connectivity index is 2.15. The van der Waals surface area contributed by atoms with Gasteiger partial charge in [-0.1, -0.05) is 0 Å². The second kappa shape index (κ2) is 5.59. The van der Waals surface area contributed by atoms with Gasteiger partial charge in [0, 0.05) is 32.4 Å². The van der Waals surface area contributed by atoms with E-state index in [1.54, 1.807) is 6.20 Å². The number of nitrogens with zero attached hydrogens (tertiary/aromatic N) is 4. The molecule has 1 saturated heterocycles. The first kappa shape index (κ1) is 13.2. The predicted octanol–water partition coefficient (Wildman–Crippen LogP) is 1.33. The maximum Gasteiger partial charge on any atom is 0.312 e. The lowest BCUT2D eigenvalue weighted by molar-refractivity contribution is -0.384. The quantitative estimate of drug-likeness (QED) is 0.670. The average Bonchev–Trinajstić information content (AvgIpc) is 2.34. The van der Waals surface area contributed by atoms with Crippen LogP contribution in [0.3, 0.4) is 0 Å². The van der Waals surface area contributed by atoms with Crippen LogP contribution in [0.2, 0.25) is 0 Å². The molecule has 0 aromatic carbocycles. The van der Waals surface area contributed by atoms with Crippen LogP contribution in [-0.4, -0.2) is 53.0 Å². The minimum Gasteiger partial charge on any atom is -0.312 e. The van der Waals surface area contributed by atoms with Crippen molar-refractivity contribution in [1.82, 2.24) is 14.9 Å². The number of rotatable bonds is 3. The summed E-state index contributed by atoms with van der Waals surface area (Å²) in [7, 11) is 2.06. The van der Waals surface area contributed by atoms with Crippen molar-refractivity contribution >= 4 is 27.3 Å². The number of aromatic nitrogens is 1. The smallest absolute Gasteiger partial charge is 0.312 e. The summed E-state index contributed by atoms with van der Waals surface area (Å²) in [4.78, 5) is 16.5. The highest BCUT2D eigenvalue weighted by Gasteiger charge is 2.21. The molecule has 0 spiro atoms. The largest absolute Gasteiger partial charge is 0.312 e. The molecule has 0 aliphatic carbocycles. The van der Waals surface area contributed by atoms with E-state index in [1.165, 1.54) is 6.20 Å². The summed E-state index contributed by atoms with van der Waals surface area (Å²) >= 11 is 3.29. The van der Waals surface area contributed by atoms with Crippen LogP contribution in [0.1, 0.15) is 0 Å². The maximum absolute atomic E-state index is 10.9. The molecule has 0 amide bonds. The minimum atomic E-state index is -0.434. The van der Waals surface area contributed by atoms with E-state index >= 15 is 0 Å². The monoisotopic (exact) mass is 315 g/mol. The zero-order valence-electron chi connectivity index (χ0n) is 9.97. The molecule has 0 radical (unpaired) electrons. The molecular formula is C10H14BrN5O2. The molecule has 18 heavy (non-hydrogen) atoms. The first-order valence-electron chi connectivity index (χ1n) is 5.56. The highest BCUT2D eigenvalue weighted by molar-refractivity contribution is 9.10. The summed E-state index contributed by atoms with van der Waals surface area (Å²) in [5, 5.41) is 12.9. The number of halogens is 1. The van der Waals surface area contributed by atoms with E-state index in [0.717, 1.165) is 26.2 Å². The van der Waals surface area contributed by atoms with Crippen molar-refractivity contribution in [3.8, 4) is 0 Å². The molecule has 1 fully saturated rings. The zero-order valence-corrected chi connectivity index (χ0v) is 11.6. The van der Waals surface area contributed by atoms with E-state index in [4.69, 9.17) is 0 Å². The van der Waals surface area contributed by atoms with Crippen molar-refractivity contribution in [1.29, 1.82) is 0 Å². The molecule has 8 heteroatoms. The Labute approximate surface area is 113 Å². The predicted molar refractivity (Wildman–Crippen MR) is 71.3 cm³/mol. The Hall–Kier alpha value is -1.25. The molecule has 1 N–H and O–H groups in total. The summed E-state index contributed by atoms with van der Waals surface area (Å²) < 4.78 is 0.593. The topological polar surface area (TPSA) is 74.5 Å². The number of piperazine rings is 1. The van der Waals surface area contributed by atoms with Gasteiger partial charge in [0.05, 0.1) is 9.40 Å². The second-order valence-electron chi connectivity index (χ2n) is 4.17. The highest BCUT2D eigenvalue weighted by atomic mass is 79.9. The molecule has 0 bridgehead atoms. The zero-order chi connectivity index (χ0) is 13.1. The molecule has 2 rings (SSSR count). The second-order valence-corrected chi connectivity index (χ2v) is 5.03. The van der Waals surface area contributed by atoms with E-state index in [-0.39, 0.29) is 5.69 Å². The van der Waals surface area contributed by atoms with Crippen LogP contribution >= 0.6 is 15.9 Å². The lowest BCUT2D eigenvalue weighted by Gasteiger charge is -2.33. The summed E-state index contributed by atoms with van der Waals surface area (Å²) in [6.45, 7) is 3.51. The minimum absolute atomic E-state index is 0.0247. The number of pyridine rings is 1. The van der Waals surface area contributed by atoms with Gasteiger partial charge in [0.2, 0.25) is 0 Å². The maximum atomic E-state index is 10.9. The first-order chi connectivity index (χ1) is 8.58. The molecule has 1 aliphatic rings. The summed E-state index contributed by atoms with van der Waals surface area (Å²) in [5.74, 6) is 0. The molecule has 1 aliphatic heterocycles. The molecule has 7 nitrogen and oxygen atoms in total. The summed E-state index contributed by atoms with van der Waals surface area (Å²) in [6.07, 6.45) is 2.80. The van der Waals surface area contributed by atoms with Gasteiger partial charge in [-0.2, -0.15) is 0 Å². The van der Waals surface area contributed by atoms with Crippen molar-refractivity contribution in [2.45, 2.75) is 0 Å². The van der Waals surface area contributed by atoms with Gasteiger partial charge in [-0.25, -0.2) is 5.01 Å². The van der Waals surface area contributed by atoms with E-state index in [9.17, 15) is 10.1 Å². The van der Waals surface area contributed by atoms with Crippen LogP contribution in [0.25, 0.3) is 0 Å². The van der Waals surface area contributed by atoms with Crippen molar-refractivity contribution in [3.63, 3.8) is 0 Å². The number of likely N-dealkylation sites (N-methyl/N-ethyl adjacent to an activating group) is 1. The van der Waals surface area contributed by atoms with Crippen LogP contribution in [0, 0.1) is 10.1 Å². The van der Waals surface area contributed by atoms with Crippen molar-refractivity contribution in [3.05, 3.63) is 27.0 Å². The molecule has 1 aromatic rings. The fourth-order valence-corrected chi connectivity index (χ4v) is 2.16. The van der Waals surface area contributed by atoms with E-state index < -0.39 is 4.92 Å². The molecule has 0 atom stereocenters. The average molecular weight is 316 g/mol.